The monoisotopic (exact) mass is 307 g/mol. The third kappa shape index (κ3) is 2.81. The van der Waals surface area contributed by atoms with E-state index >= 15 is 0 Å². The molecule has 0 radical (unpaired) electrons. The summed E-state index contributed by atoms with van der Waals surface area (Å²) < 4.78 is 5.23. The van der Waals surface area contributed by atoms with E-state index in [2.05, 4.69) is 10.3 Å². The zero-order chi connectivity index (χ0) is 16.4. The van der Waals surface area contributed by atoms with Crippen LogP contribution in [-0.4, -0.2) is 18.0 Å². The first-order valence-corrected chi connectivity index (χ1v) is 7.19. The van der Waals surface area contributed by atoms with Crippen molar-refractivity contribution in [2.24, 2.45) is 5.73 Å². The number of benzene rings is 2. The number of nitrogens with zero attached hydrogens (tertiary/aromatic N) is 1. The number of hydrogen-bond donors (Lipinski definition) is 2. The second-order valence-electron chi connectivity index (χ2n) is 5.23. The topological polar surface area (TPSA) is 77.2 Å². The first-order valence-electron chi connectivity index (χ1n) is 7.19. The summed E-state index contributed by atoms with van der Waals surface area (Å²) in [7, 11) is 1.60. The number of methoxy groups -OCH3 is 1. The van der Waals surface area contributed by atoms with Crippen LogP contribution in [0.15, 0.2) is 48.7 Å². The predicted molar refractivity (Wildman–Crippen MR) is 91.3 cm³/mol. The highest BCUT2D eigenvalue weighted by Crippen LogP contribution is 2.31. The highest BCUT2D eigenvalue weighted by Gasteiger charge is 2.14. The molecule has 23 heavy (non-hydrogen) atoms. The van der Waals surface area contributed by atoms with E-state index in [1.807, 2.05) is 49.4 Å². The molecule has 5 nitrogen and oxygen atoms in total. The third-order valence-corrected chi connectivity index (χ3v) is 3.75. The number of ether oxygens (including phenoxy) is 1. The Hall–Kier alpha value is -3.08. The number of carbonyl (C=O) groups is 1. The van der Waals surface area contributed by atoms with Crippen LogP contribution in [0, 0.1) is 6.92 Å². The standard InChI is InChI=1S/C18H17N3O2/c1-11-5-3-4-6-15(11)21-17-13-8-7-12(23-2)9-16(13)20-10-14(17)18(19)22/h3-10H,1-2H3,(H2,19,22)(H,20,21). The maximum atomic E-state index is 11.8. The molecular weight excluding hydrogens is 290 g/mol. The van der Waals surface area contributed by atoms with Crippen LogP contribution in [0.1, 0.15) is 15.9 Å². The third-order valence-electron chi connectivity index (χ3n) is 3.75. The molecule has 0 bridgehead atoms. The molecule has 0 saturated heterocycles. The summed E-state index contributed by atoms with van der Waals surface area (Å²) in [5.41, 5.74) is 9.23. The van der Waals surface area contributed by atoms with Crippen LogP contribution in [0.25, 0.3) is 10.9 Å². The summed E-state index contributed by atoms with van der Waals surface area (Å²) in [6, 6.07) is 13.4. The Morgan fingerprint density at radius 2 is 2.00 bits per heavy atom. The van der Waals surface area contributed by atoms with E-state index < -0.39 is 5.91 Å². The SMILES string of the molecule is COc1ccc2c(Nc3ccccc3C)c(C(N)=O)cnc2c1. The highest BCUT2D eigenvalue weighted by atomic mass is 16.5. The van der Waals surface area contributed by atoms with Gasteiger partial charge >= 0.3 is 0 Å². The van der Waals surface area contributed by atoms with Crippen molar-refractivity contribution in [2.45, 2.75) is 6.92 Å². The van der Waals surface area contributed by atoms with E-state index in [0.717, 1.165) is 22.2 Å². The molecule has 0 unspecified atom stereocenters. The molecule has 0 saturated carbocycles. The summed E-state index contributed by atoms with van der Waals surface area (Å²) in [6.07, 6.45) is 1.49. The summed E-state index contributed by atoms with van der Waals surface area (Å²) >= 11 is 0. The van der Waals surface area contributed by atoms with Crippen molar-refractivity contribution in [3.05, 3.63) is 59.8 Å². The Labute approximate surface area is 134 Å². The summed E-state index contributed by atoms with van der Waals surface area (Å²) in [5.74, 6) is 0.185. The van der Waals surface area contributed by atoms with Crippen molar-refractivity contribution in [1.29, 1.82) is 0 Å². The van der Waals surface area contributed by atoms with Crippen LogP contribution in [0.5, 0.6) is 5.75 Å². The lowest BCUT2D eigenvalue weighted by Gasteiger charge is -2.15. The van der Waals surface area contributed by atoms with Crippen LogP contribution < -0.4 is 15.8 Å². The van der Waals surface area contributed by atoms with Crippen molar-refractivity contribution in [3.63, 3.8) is 0 Å². The largest absolute Gasteiger partial charge is 0.497 e. The smallest absolute Gasteiger partial charge is 0.252 e. The fourth-order valence-corrected chi connectivity index (χ4v) is 2.47. The van der Waals surface area contributed by atoms with E-state index in [4.69, 9.17) is 10.5 Å². The van der Waals surface area contributed by atoms with Gasteiger partial charge < -0.3 is 15.8 Å². The lowest BCUT2D eigenvalue weighted by molar-refractivity contribution is 0.100. The average molecular weight is 307 g/mol. The average Bonchev–Trinajstić information content (AvgIpc) is 2.56. The number of anilines is 2. The summed E-state index contributed by atoms with van der Waals surface area (Å²) in [4.78, 5) is 16.1. The number of pyridine rings is 1. The Balaban J connectivity index is 2.21. The van der Waals surface area contributed by atoms with Gasteiger partial charge in [0, 0.05) is 23.3 Å². The Morgan fingerprint density at radius 1 is 1.22 bits per heavy atom. The maximum Gasteiger partial charge on any atom is 0.252 e. The van der Waals surface area contributed by atoms with Gasteiger partial charge in [-0.1, -0.05) is 18.2 Å². The van der Waals surface area contributed by atoms with Gasteiger partial charge in [0.25, 0.3) is 5.91 Å². The number of primary amides is 1. The van der Waals surface area contributed by atoms with E-state index in [1.54, 1.807) is 7.11 Å². The first kappa shape index (κ1) is 14.8. The summed E-state index contributed by atoms with van der Waals surface area (Å²) in [6.45, 7) is 2.00. The number of nitrogens with two attached hydrogens (primary N) is 1. The van der Waals surface area contributed by atoms with Gasteiger partial charge in [-0.2, -0.15) is 0 Å². The van der Waals surface area contributed by atoms with Crippen LogP contribution in [0.3, 0.4) is 0 Å². The number of rotatable bonds is 4. The van der Waals surface area contributed by atoms with Crippen molar-refractivity contribution in [3.8, 4) is 5.75 Å². The number of nitrogens with one attached hydrogen (secondary N) is 1. The van der Waals surface area contributed by atoms with Crippen molar-refractivity contribution in [2.75, 3.05) is 12.4 Å². The highest BCUT2D eigenvalue weighted by molar-refractivity contribution is 6.07. The molecular formula is C18H17N3O2. The first-order chi connectivity index (χ1) is 11.1. The van der Waals surface area contributed by atoms with E-state index in [1.165, 1.54) is 6.20 Å². The molecule has 2 aromatic carbocycles. The second-order valence-corrected chi connectivity index (χ2v) is 5.23. The van der Waals surface area contributed by atoms with Gasteiger partial charge in [0.2, 0.25) is 0 Å². The van der Waals surface area contributed by atoms with Crippen LogP contribution in [0.4, 0.5) is 11.4 Å². The molecule has 1 aromatic heterocycles. The van der Waals surface area contributed by atoms with Gasteiger partial charge in [-0.15, -0.1) is 0 Å². The van der Waals surface area contributed by atoms with E-state index in [-0.39, 0.29) is 0 Å². The van der Waals surface area contributed by atoms with Gasteiger partial charge in [-0.25, -0.2) is 0 Å². The molecule has 3 rings (SSSR count). The fourth-order valence-electron chi connectivity index (χ4n) is 2.47. The molecule has 0 atom stereocenters. The number of carbonyl (C=O) groups excluding carboxylic acids is 1. The molecule has 1 heterocycles. The lowest BCUT2D eigenvalue weighted by Crippen LogP contribution is -2.14. The molecule has 0 aliphatic heterocycles. The van der Waals surface area contributed by atoms with Crippen LogP contribution in [0.2, 0.25) is 0 Å². The van der Waals surface area contributed by atoms with Crippen molar-refractivity contribution < 1.29 is 9.53 Å². The zero-order valence-corrected chi connectivity index (χ0v) is 13.0. The van der Waals surface area contributed by atoms with Gasteiger partial charge in [-0.05, 0) is 30.7 Å². The number of amides is 1. The number of fused-ring (bicyclic) bond motifs is 1. The number of hydrogen-bond acceptors (Lipinski definition) is 4. The van der Waals surface area contributed by atoms with Gasteiger partial charge in [0.1, 0.15) is 5.75 Å². The molecule has 0 spiro atoms. The van der Waals surface area contributed by atoms with Crippen molar-refractivity contribution in [1.82, 2.24) is 4.98 Å². The second kappa shape index (κ2) is 5.96. The molecule has 3 aromatic rings. The van der Waals surface area contributed by atoms with Crippen LogP contribution in [-0.2, 0) is 0 Å². The molecule has 0 aliphatic carbocycles. The van der Waals surface area contributed by atoms with Crippen LogP contribution >= 0.6 is 0 Å². The van der Waals surface area contributed by atoms with Gasteiger partial charge in [0.15, 0.2) is 0 Å². The molecule has 0 fully saturated rings. The maximum absolute atomic E-state index is 11.8. The van der Waals surface area contributed by atoms with E-state index in [0.29, 0.717) is 17.0 Å². The van der Waals surface area contributed by atoms with Gasteiger partial charge in [-0.3, -0.25) is 9.78 Å². The lowest BCUT2D eigenvalue weighted by atomic mass is 10.1. The minimum absolute atomic E-state index is 0.353. The molecule has 116 valence electrons. The number of aromatic nitrogens is 1. The normalized spacial score (nSPS) is 10.5. The minimum Gasteiger partial charge on any atom is -0.497 e. The quantitative estimate of drug-likeness (QED) is 0.774. The predicted octanol–water partition coefficient (Wildman–Crippen LogP) is 3.39. The van der Waals surface area contributed by atoms with Gasteiger partial charge in [0.05, 0.1) is 23.9 Å². The fraction of sp³-hybridized carbons (Fsp3) is 0.111. The number of aryl methyl sites for hydroxylation is 1. The summed E-state index contributed by atoms with van der Waals surface area (Å²) in [5, 5.41) is 4.13. The molecule has 3 N–H and O–H groups in total. The number of para-hydroxylation sites is 1. The minimum atomic E-state index is -0.522. The Bertz CT molecular complexity index is 891. The van der Waals surface area contributed by atoms with E-state index in [9.17, 15) is 4.79 Å². The van der Waals surface area contributed by atoms with Crippen molar-refractivity contribution >= 4 is 28.2 Å². The Morgan fingerprint density at radius 3 is 2.70 bits per heavy atom. The molecule has 5 heteroatoms. The Kier molecular flexibility index (Phi) is 3.85. The molecule has 0 aliphatic rings. The molecule has 1 amide bonds. The zero-order valence-electron chi connectivity index (χ0n) is 13.0.